The molecule has 0 aliphatic carbocycles. The third kappa shape index (κ3) is 2.80. The minimum atomic E-state index is 0.0893. The molecule has 0 spiro atoms. The van der Waals surface area contributed by atoms with Gasteiger partial charge in [-0.1, -0.05) is 30.3 Å². The number of carbonyl (C=O) groups is 1. The van der Waals surface area contributed by atoms with E-state index in [2.05, 4.69) is 17.7 Å². The molecule has 3 rings (SSSR count). The first-order chi connectivity index (χ1) is 10.2. The summed E-state index contributed by atoms with van der Waals surface area (Å²) >= 11 is 5.83. The molecule has 0 radical (unpaired) electrons. The molecule has 0 fully saturated rings. The zero-order valence-corrected chi connectivity index (χ0v) is 13.2. The second kappa shape index (κ2) is 5.87. The van der Waals surface area contributed by atoms with Crippen LogP contribution in [0.2, 0.25) is 0 Å². The van der Waals surface area contributed by atoms with E-state index in [1.807, 2.05) is 53.2 Å². The van der Waals surface area contributed by atoms with Crippen LogP contribution in [0.3, 0.4) is 0 Å². The van der Waals surface area contributed by atoms with E-state index in [4.69, 9.17) is 0 Å². The average Bonchev–Trinajstić information content (AvgIpc) is 3.14. The van der Waals surface area contributed by atoms with Gasteiger partial charge in [-0.2, -0.15) is 17.7 Å². The molecule has 0 bridgehead atoms. The largest absolute Gasteiger partial charge is 0.294 e. The Bertz CT molecular complexity index is 775. The maximum absolute atomic E-state index is 11.4. The Kier molecular flexibility index (Phi) is 3.94. The van der Waals surface area contributed by atoms with Crippen LogP contribution in [-0.2, 0) is 5.88 Å². The minimum absolute atomic E-state index is 0.0893. The average molecular weight is 314 g/mol. The van der Waals surface area contributed by atoms with E-state index in [-0.39, 0.29) is 5.78 Å². The number of thiol groups is 1. The summed E-state index contributed by atoms with van der Waals surface area (Å²) in [7, 11) is 0. The molecular formula is C16H14N2OS2. The minimum Gasteiger partial charge on any atom is -0.294 e. The van der Waals surface area contributed by atoms with Crippen molar-refractivity contribution in [1.82, 2.24) is 9.78 Å². The van der Waals surface area contributed by atoms with Crippen LogP contribution in [0.25, 0.3) is 21.8 Å². The molecule has 2 heterocycles. The molecule has 21 heavy (non-hydrogen) atoms. The van der Waals surface area contributed by atoms with Gasteiger partial charge < -0.3 is 0 Å². The zero-order chi connectivity index (χ0) is 14.8. The Balaban J connectivity index is 2.05. The van der Waals surface area contributed by atoms with Gasteiger partial charge in [0.1, 0.15) is 0 Å². The number of Topliss-reactive ketones (excluding diaryl/α,β-unsaturated/α-hetero) is 1. The summed E-state index contributed by atoms with van der Waals surface area (Å²) in [6, 6.07) is 15.9. The number of nitrogens with zero attached hydrogens (tertiary/aromatic N) is 2. The number of aromatic nitrogens is 2. The Hall–Kier alpha value is -1.85. The first-order valence-corrected chi connectivity index (χ1v) is 7.99. The van der Waals surface area contributed by atoms with Gasteiger partial charge >= 0.3 is 0 Å². The van der Waals surface area contributed by atoms with Crippen LogP contribution < -0.4 is 0 Å². The Morgan fingerprint density at radius 2 is 2.00 bits per heavy atom. The lowest BCUT2D eigenvalue weighted by Gasteiger charge is -2.00. The van der Waals surface area contributed by atoms with Crippen LogP contribution in [0.5, 0.6) is 0 Å². The molecule has 0 unspecified atom stereocenters. The van der Waals surface area contributed by atoms with Crippen molar-refractivity contribution in [1.29, 1.82) is 0 Å². The highest BCUT2D eigenvalue weighted by Crippen LogP contribution is 2.31. The molecule has 0 saturated carbocycles. The summed E-state index contributed by atoms with van der Waals surface area (Å²) in [4.78, 5) is 13.2. The molecule has 3 aromatic rings. The zero-order valence-electron chi connectivity index (χ0n) is 11.5. The number of rotatable bonds is 4. The first kappa shape index (κ1) is 14.1. The SMILES string of the molecule is CC(=O)c1ccc(-c2cc(-c3ccccc3)nn2CS)s1. The van der Waals surface area contributed by atoms with E-state index in [0.29, 0.717) is 5.88 Å². The molecule has 0 atom stereocenters. The number of thiophene rings is 1. The van der Waals surface area contributed by atoms with E-state index in [9.17, 15) is 4.79 Å². The summed E-state index contributed by atoms with van der Waals surface area (Å²) in [5, 5.41) is 4.59. The molecule has 0 aliphatic rings. The number of ketones is 1. The lowest BCUT2D eigenvalue weighted by atomic mass is 10.1. The molecule has 5 heteroatoms. The van der Waals surface area contributed by atoms with Gasteiger partial charge in [0.05, 0.1) is 27.0 Å². The maximum atomic E-state index is 11.4. The first-order valence-electron chi connectivity index (χ1n) is 6.54. The Morgan fingerprint density at radius 3 is 2.62 bits per heavy atom. The van der Waals surface area contributed by atoms with Crippen LogP contribution in [0.15, 0.2) is 48.5 Å². The highest BCUT2D eigenvalue weighted by Gasteiger charge is 2.13. The van der Waals surface area contributed by atoms with Crippen molar-refractivity contribution < 1.29 is 4.79 Å². The van der Waals surface area contributed by atoms with Gasteiger partial charge in [-0.3, -0.25) is 9.48 Å². The number of benzene rings is 1. The lowest BCUT2D eigenvalue weighted by Crippen LogP contribution is -1.96. The summed E-state index contributed by atoms with van der Waals surface area (Å²) in [6.45, 7) is 1.58. The van der Waals surface area contributed by atoms with E-state index in [1.165, 1.54) is 11.3 Å². The molecule has 106 valence electrons. The fourth-order valence-corrected chi connectivity index (χ4v) is 3.27. The van der Waals surface area contributed by atoms with Gasteiger partial charge in [-0.25, -0.2) is 0 Å². The molecule has 0 amide bonds. The quantitative estimate of drug-likeness (QED) is 0.573. The predicted molar refractivity (Wildman–Crippen MR) is 90.0 cm³/mol. The normalized spacial score (nSPS) is 10.8. The van der Waals surface area contributed by atoms with Gasteiger partial charge in [-0.15, -0.1) is 11.3 Å². The lowest BCUT2D eigenvalue weighted by molar-refractivity contribution is 0.102. The van der Waals surface area contributed by atoms with Crippen LogP contribution in [0, 0.1) is 0 Å². The Labute approximate surface area is 132 Å². The Morgan fingerprint density at radius 1 is 1.24 bits per heavy atom. The fourth-order valence-electron chi connectivity index (χ4n) is 2.14. The third-order valence-corrected chi connectivity index (χ3v) is 4.67. The molecular weight excluding hydrogens is 300 g/mol. The number of carbonyl (C=O) groups excluding carboxylic acids is 1. The van der Waals surface area contributed by atoms with Crippen molar-refractivity contribution in [3.63, 3.8) is 0 Å². The van der Waals surface area contributed by atoms with Crippen molar-refractivity contribution in [2.75, 3.05) is 0 Å². The monoisotopic (exact) mass is 314 g/mol. The summed E-state index contributed by atoms with van der Waals surface area (Å²) in [6.07, 6.45) is 0. The van der Waals surface area contributed by atoms with Gasteiger partial charge in [0, 0.05) is 5.56 Å². The van der Waals surface area contributed by atoms with Crippen molar-refractivity contribution in [3.8, 4) is 21.8 Å². The highest BCUT2D eigenvalue weighted by molar-refractivity contribution is 7.79. The molecule has 3 nitrogen and oxygen atoms in total. The summed E-state index contributed by atoms with van der Waals surface area (Å²) in [5.41, 5.74) is 2.97. The smallest absolute Gasteiger partial charge is 0.169 e. The summed E-state index contributed by atoms with van der Waals surface area (Å²) in [5.74, 6) is 0.585. The highest BCUT2D eigenvalue weighted by atomic mass is 32.1. The molecule has 1 aromatic carbocycles. The van der Waals surface area contributed by atoms with Crippen LogP contribution in [-0.4, -0.2) is 15.6 Å². The van der Waals surface area contributed by atoms with Gasteiger partial charge in [0.25, 0.3) is 0 Å². The van der Waals surface area contributed by atoms with Gasteiger partial charge in [0.2, 0.25) is 0 Å². The van der Waals surface area contributed by atoms with Crippen molar-refractivity contribution >= 4 is 29.7 Å². The predicted octanol–water partition coefficient (Wildman–Crippen LogP) is 4.37. The fraction of sp³-hybridized carbons (Fsp3) is 0.125. The van der Waals surface area contributed by atoms with E-state index in [0.717, 1.165) is 26.7 Å². The topological polar surface area (TPSA) is 34.9 Å². The number of hydrogen-bond donors (Lipinski definition) is 1. The molecule has 0 saturated heterocycles. The van der Waals surface area contributed by atoms with Crippen LogP contribution in [0.1, 0.15) is 16.6 Å². The van der Waals surface area contributed by atoms with Crippen molar-refractivity contribution in [3.05, 3.63) is 53.4 Å². The van der Waals surface area contributed by atoms with Gasteiger partial charge in [-0.05, 0) is 25.1 Å². The van der Waals surface area contributed by atoms with Crippen LogP contribution in [0.4, 0.5) is 0 Å². The van der Waals surface area contributed by atoms with E-state index >= 15 is 0 Å². The standard InChI is InChI=1S/C16H14N2OS2/c1-11(19)15-7-8-16(21-15)14-9-13(17-18(14)10-20)12-5-3-2-4-6-12/h2-9,20H,10H2,1H3. The molecule has 0 aliphatic heterocycles. The van der Waals surface area contributed by atoms with Crippen molar-refractivity contribution in [2.45, 2.75) is 12.8 Å². The number of hydrogen-bond acceptors (Lipinski definition) is 4. The molecule has 0 N–H and O–H groups in total. The second-order valence-electron chi connectivity index (χ2n) is 4.64. The van der Waals surface area contributed by atoms with Gasteiger partial charge in [0.15, 0.2) is 5.78 Å². The van der Waals surface area contributed by atoms with E-state index in [1.54, 1.807) is 6.92 Å². The van der Waals surface area contributed by atoms with E-state index < -0.39 is 0 Å². The second-order valence-corrected chi connectivity index (χ2v) is 6.01. The van der Waals surface area contributed by atoms with Crippen LogP contribution >= 0.6 is 24.0 Å². The maximum Gasteiger partial charge on any atom is 0.169 e. The molecule has 2 aromatic heterocycles. The summed E-state index contributed by atoms with van der Waals surface area (Å²) < 4.78 is 1.85. The van der Waals surface area contributed by atoms with Crippen molar-refractivity contribution in [2.24, 2.45) is 0 Å². The third-order valence-electron chi connectivity index (χ3n) is 3.19.